The fourth-order valence-electron chi connectivity index (χ4n) is 2.74. The largest absolute Gasteiger partial charge is 0.326 e. The lowest BCUT2D eigenvalue weighted by Crippen LogP contribution is -2.23. The van der Waals surface area contributed by atoms with Crippen LogP contribution in [-0.2, 0) is 9.59 Å². The molecule has 0 radical (unpaired) electrons. The van der Waals surface area contributed by atoms with E-state index in [0.29, 0.717) is 16.6 Å². The first-order chi connectivity index (χ1) is 11.5. The zero-order chi connectivity index (χ0) is 17.5. The molecule has 2 amide bonds. The molecular weight excluding hydrogens is 326 g/mol. The highest BCUT2D eigenvalue weighted by Gasteiger charge is 2.14. The van der Waals surface area contributed by atoms with E-state index in [-0.39, 0.29) is 24.7 Å². The first kappa shape index (κ1) is 18.5. The van der Waals surface area contributed by atoms with Crippen molar-refractivity contribution in [3.05, 3.63) is 28.8 Å². The number of carbonyl (C=O) groups is 2. The maximum Gasteiger partial charge on any atom is 0.240 e. The molecule has 1 aromatic carbocycles. The first-order valence-electron chi connectivity index (χ1n) is 8.35. The molecule has 1 aliphatic carbocycles. The van der Waals surface area contributed by atoms with Gasteiger partial charge in [-0.2, -0.15) is 5.10 Å². The smallest absolute Gasteiger partial charge is 0.240 e. The molecule has 0 unspecified atom stereocenters. The van der Waals surface area contributed by atoms with Crippen molar-refractivity contribution in [3.63, 3.8) is 0 Å². The molecule has 0 saturated heterocycles. The quantitative estimate of drug-likeness (QED) is 0.787. The van der Waals surface area contributed by atoms with Gasteiger partial charge >= 0.3 is 0 Å². The molecule has 130 valence electrons. The van der Waals surface area contributed by atoms with Crippen molar-refractivity contribution in [3.8, 4) is 0 Å². The number of halogens is 1. The number of anilines is 1. The molecule has 5 nitrogen and oxygen atoms in total. The van der Waals surface area contributed by atoms with Gasteiger partial charge in [-0.05, 0) is 56.2 Å². The minimum absolute atomic E-state index is 0.109. The summed E-state index contributed by atoms with van der Waals surface area (Å²) in [7, 11) is 0. The predicted octanol–water partition coefficient (Wildman–Crippen LogP) is 4.05. The van der Waals surface area contributed by atoms with Crippen molar-refractivity contribution >= 4 is 34.8 Å². The molecule has 1 aliphatic rings. The Hall–Kier alpha value is -1.88. The van der Waals surface area contributed by atoms with Gasteiger partial charge in [-0.25, -0.2) is 5.43 Å². The molecule has 1 saturated carbocycles. The lowest BCUT2D eigenvalue weighted by atomic mass is 9.89. The Morgan fingerprint density at radius 2 is 2.04 bits per heavy atom. The second-order valence-electron chi connectivity index (χ2n) is 6.38. The molecule has 2 N–H and O–H groups in total. The van der Waals surface area contributed by atoms with Crippen LogP contribution in [0.3, 0.4) is 0 Å². The average Bonchev–Trinajstić information content (AvgIpc) is 2.55. The Bertz CT molecular complexity index is 643. The van der Waals surface area contributed by atoms with Crippen molar-refractivity contribution in [2.45, 2.75) is 52.4 Å². The maximum atomic E-state index is 12.0. The Morgan fingerprint density at radius 3 is 2.79 bits per heavy atom. The minimum atomic E-state index is -0.237. The van der Waals surface area contributed by atoms with Crippen molar-refractivity contribution in [1.82, 2.24) is 5.43 Å². The van der Waals surface area contributed by atoms with Gasteiger partial charge in [0, 0.05) is 29.3 Å². The van der Waals surface area contributed by atoms with E-state index in [1.807, 2.05) is 6.92 Å². The van der Waals surface area contributed by atoms with Crippen molar-refractivity contribution in [2.75, 3.05) is 5.32 Å². The predicted molar refractivity (Wildman–Crippen MR) is 97.3 cm³/mol. The number of hydrogen-bond donors (Lipinski definition) is 2. The maximum absolute atomic E-state index is 12.0. The molecule has 0 heterocycles. The Labute approximate surface area is 147 Å². The van der Waals surface area contributed by atoms with Crippen molar-refractivity contribution in [1.29, 1.82) is 0 Å². The summed E-state index contributed by atoms with van der Waals surface area (Å²) in [6.07, 6.45) is 4.44. The Kier molecular flexibility index (Phi) is 6.79. The van der Waals surface area contributed by atoms with E-state index >= 15 is 0 Å². The van der Waals surface area contributed by atoms with E-state index in [0.717, 1.165) is 30.5 Å². The first-order valence-corrected chi connectivity index (χ1v) is 8.72. The third-order valence-corrected chi connectivity index (χ3v) is 4.62. The van der Waals surface area contributed by atoms with Gasteiger partial charge in [-0.1, -0.05) is 24.6 Å². The van der Waals surface area contributed by atoms with Gasteiger partial charge in [0.05, 0.1) is 0 Å². The summed E-state index contributed by atoms with van der Waals surface area (Å²) in [6, 6.07) is 5.33. The number of benzene rings is 1. The molecule has 2 rings (SSSR count). The Balaban J connectivity index is 1.76. The molecular formula is C18H24ClN3O2. The molecule has 1 fully saturated rings. The van der Waals surface area contributed by atoms with Gasteiger partial charge < -0.3 is 5.32 Å². The van der Waals surface area contributed by atoms with E-state index in [4.69, 9.17) is 11.6 Å². The van der Waals surface area contributed by atoms with Gasteiger partial charge in [-0.15, -0.1) is 0 Å². The number of hydrazone groups is 1. The summed E-state index contributed by atoms with van der Waals surface area (Å²) in [5.74, 6) is 0.175. The standard InChI is InChI=1S/C18H24ClN3O2/c1-12-5-3-6-14(11-12)21-22-18(24)10-9-17(23)20-16-8-4-7-15(19)13(16)2/h4,7-8,12H,3,5-6,9-11H2,1-2H3,(H,20,23)(H,22,24)/b21-14-/t12-/m0/s1. The SMILES string of the molecule is Cc1c(Cl)cccc1NC(=O)CCC(=O)N/N=C1/CCC[C@H](C)C1. The Morgan fingerprint density at radius 1 is 1.29 bits per heavy atom. The third kappa shape index (κ3) is 5.64. The van der Waals surface area contributed by atoms with Crippen LogP contribution in [-0.4, -0.2) is 17.5 Å². The van der Waals surface area contributed by atoms with Crippen LogP contribution in [0.25, 0.3) is 0 Å². The number of rotatable bonds is 5. The van der Waals surface area contributed by atoms with Crippen LogP contribution in [0.4, 0.5) is 5.69 Å². The molecule has 1 atom stereocenters. The van der Waals surface area contributed by atoms with Crippen molar-refractivity contribution < 1.29 is 9.59 Å². The summed E-state index contributed by atoms with van der Waals surface area (Å²) >= 11 is 6.02. The normalized spacial score (nSPS) is 19.1. The van der Waals surface area contributed by atoms with Gasteiger partial charge in [-0.3, -0.25) is 9.59 Å². The van der Waals surface area contributed by atoms with E-state index < -0.39 is 0 Å². The lowest BCUT2D eigenvalue weighted by molar-refractivity contribution is -0.124. The van der Waals surface area contributed by atoms with Crippen LogP contribution in [0.2, 0.25) is 5.02 Å². The average molecular weight is 350 g/mol. The summed E-state index contributed by atoms with van der Waals surface area (Å²) < 4.78 is 0. The third-order valence-electron chi connectivity index (χ3n) is 4.21. The van der Waals surface area contributed by atoms with E-state index in [1.54, 1.807) is 18.2 Å². The van der Waals surface area contributed by atoms with Crippen LogP contribution < -0.4 is 10.7 Å². The summed E-state index contributed by atoms with van der Waals surface area (Å²) in [4.78, 5) is 23.8. The number of amides is 2. The molecule has 6 heteroatoms. The summed E-state index contributed by atoms with van der Waals surface area (Å²) in [6.45, 7) is 4.03. The molecule has 1 aromatic rings. The van der Waals surface area contributed by atoms with Crippen LogP contribution in [0.1, 0.15) is 51.0 Å². The van der Waals surface area contributed by atoms with Crippen LogP contribution in [0.5, 0.6) is 0 Å². The van der Waals surface area contributed by atoms with Gasteiger partial charge in [0.15, 0.2) is 0 Å². The van der Waals surface area contributed by atoms with E-state index in [9.17, 15) is 9.59 Å². The fraction of sp³-hybridized carbons (Fsp3) is 0.500. The van der Waals surface area contributed by atoms with Crippen LogP contribution >= 0.6 is 11.6 Å². The highest BCUT2D eigenvalue weighted by molar-refractivity contribution is 6.31. The van der Waals surface area contributed by atoms with E-state index in [1.165, 1.54) is 6.42 Å². The second kappa shape index (κ2) is 8.83. The monoisotopic (exact) mass is 349 g/mol. The zero-order valence-electron chi connectivity index (χ0n) is 14.2. The summed E-state index contributed by atoms with van der Waals surface area (Å²) in [5.41, 5.74) is 5.09. The highest BCUT2D eigenvalue weighted by Crippen LogP contribution is 2.23. The summed E-state index contributed by atoms with van der Waals surface area (Å²) in [5, 5.41) is 7.57. The second-order valence-corrected chi connectivity index (χ2v) is 6.78. The highest BCUT2D eigenvalue weighted by atomic mass is 35.5. The molecule has 0 aliphatic heterocycles. The van der Waals surface area contributed by atoms with Crippen molar-refractivity contribution in [2.24, 2.45) is 11.0 Å². The molecule has 0 bridgehead atoms. The lowest BCUT2D eigenvalue weighted by Gasteiger charge is -2.18. The van der Waals surface area contributed by atoms with E-state index in [2.05, 4.69) is 22.8 Å². The zero-order valence-corrected chi connectivity index (χ0v) is 14.9. The van der Waals surface area contributed by atoms with Crippen LogP contribution in [0.15, 0.2) is 23.3 Å². The molecule has 0 spiro atoms. The molecule has 0 aromatic heterocycles. The molecule has 24 heavy (non-hydrogen) atoms. The minimum Gasteiger partial charge on any atom is -0.326 e. The topological polar surface area (TPSA) is 70.6 Å². The van der Waals surface area contributed by atoms with Gasteiger partial charge in [0.1, 0.15) is 0 Å². The number of hydrogen-bond acceptors (Lipinski definition) is 3. The number of nitrogens with one attached hydrogen (secondary N) is 2. The number of carbonyl (C=O) groups excluding carboxylic acids is 2. The van der Waals surface area contributed by atoms with Crippen LogP contribution in [0, 0.1) is 12.8 Å². The number of nitrogens with zero attached hydrogens (tertiary/aromatic N) is 1. The fourth-order valence-corrected chi connectivity index (χ4v) is 2.92. The van der Waals surface area contributed by atoms with Gasteiger partial charge in [0.25, 0.3) is 0 Å². The van der Waals surface area contributed by atoms with Gasteiger partial charge in [0.2, 0.25) is 11.8 Å².